The van der Waals surface area contributed by atoms with Crippen LogP contribution in [0.1, 0.15) is 40.9 Å². The highest BCUT2D eigenvalue weighted by Gasteiger charge is 2.20. The van der Waals surface area contributed by atoms with E-state index in [-0.39, 0.29) is 11.9 Å². The van der Waals surface area contributed by atoms with Crippen LogP contribution < -0.4 is 15.8 Å². The van der Waals surface area contributed by atoms with Gasteiger partial charge in [-0.1, -0.05) is 26.0 Å². The Morgan fingerprint density at radius 3 is 2.76 bits per heavy atom. The summed E-state index contributed by atoms with van der Waals surface area (Å²) in [5.41, 5.74) is 7.10. The molecule has 1 aromatic carbocycles. The fourth-order valence-electron chi connectivity index (χ4n) is 2.76. The molecule has 1 unspecified atom stereocenters. The molecule has 0 radical (unpaired) electrons. The summed E-state index contributed by atoms with van der Waals surface area (Å²) < 4.78 is 5.34. The van der Waals surface area contributed by atoms with Crippen molar-refractivity contribution in [1.82, 2.24) is 15.2 Å². The summed E-state index contributed by atoms with van der Waals surface area (Å²) in [6, 6.07) is 8.05. The van der Waals surface area contributed by atoms with Gasteiger partial charge in [-0.05, 0) is 30.8 Å². The van der Waals surface area contributed by atoms with Crippen molar-refractivity contribution in [3.8, 4) is 5.75 Å². The van der Waals surface area contributed by atoms with Crippen molar-refractivity contribution < 1.29 is 9.53 Å². The van der Waals surface area contributed by atoms with Gasteiger partial charge in [-0.15, -0.1) is 11.3 Å². The fourth-order valence-corrected chi connectivity index (χ4v) is 3.41. The second kappa shape index (κ2) is 9.50. The summed E-state index contributed by atoms with van der Waals surface area (Å²) in [4.78, 5) is 18.9. The average Bonchev–Trinajstić information content (AvgIpc) is 3.14. The zero-order valence-electron chi connectivity index (χ0n) is 15.0. The van der Waals surface area contributed by atoms with Gasteiger partial charge in [-0.2, -0.15) is 0 Å². The first-order chi connectivity index (χ1) is 12.1. The summed E-state index contributed by atoms with van der Waals surface area (Å²) in [5.74, 6) is 0.643. The molecule has 0 spiro atoms. The van der Waals surface area contributed by atoms with Crippen molar-refractivity contribution in [2.24, 2.45) is 5.73 Å². The third-order valence-electron chi connectivity index (χ3n) is 4.15. The minimum Gasteiger partial charge on any atom is -0.497 e. The number of likely N-dealkylation sites (N-methyl/N-ethyl adjacent to an activating group) is 1. The van der Waals surface area contributed by atoms with Crippen LogP contribution in [-0.2, 0) is 6.54 Å². The number of aromatic nitrogens is 1. The van der Waals surface area contributed by atoms with Crippen LogP contribution in [0.5, 0.6) is 5.75 Å². The average molecular weight is 362 g/mol. The van der Waals surface area contributed by atoms with Crippen molar-refractivity contribution >= 4 is 17.2 Å². The Morgan fingerprint density at radius 2 is 2.16 bits per heavy atom. The number of nitrogens with zero attached hydrogens (tertiary/aromatic N) is 2. The first kappa shape index (κ1) is 19.4. The summed E-state index contributed by atoms with van der Waals surface area (Å²) in [5, 5.41) is 5.51. The van der Waals surface area contributed by atoms with Gasteiger partial charge in [0.25, 0.3) is 5.91 Å². The maximum Gasteiger partial charge on any atom is 0.270 e. The molecule has 1 atom stereocenters. The number of rotatable bonds is 9. The highest BCUT2D eigenvalue weighted by atomic mass is 32.1. The molecule has 0 saturated heterocycles. The van der Waals surface area contributed by atoms with E-state index in [2.05, 4.69) is 35.1 Å². The summed E-state index contributed by atoms with van der Waals surface area (Å²) in [6.45, 7) is 6.87. The first-order valence-corrected chi connectivity index (χ1v) is 9.31. The van der Waals surface area contributed by atoms with Gasteiger partial charge in [0.2, 0.25) is 0 Å². The number of benzene rings is 1. The molecule has 0 aliphatic carbocycles. The van der Waals surface area contributed by atoms with Crippen LogP contribution in [0, 0.1) is 0 Å². The molecule has 136 valence electrons. The molecule has 2 rings (SSSR count). The highest BCUT2D eigenvalue weighted by molar-refractivity contribution is 7.09. The molecule has 25 heavy (non-hydrogen) atoms. The molecule has 0 aliphatic heterocycles. The van der Waals surface area contributed by atoms with E-state index in [0.29, 0.717) is 18.8 Å². The molecule has 6 nitrogen and oxygen atoms in total. The van der Waals surface area contributed by atoms with Gasteiger partial charge in [0, 0.05) is 18.5 Å². The lowest BCUT2D eigenvalue weighted by Crippen LogP contribution is -2.38. The van der Waals surface area contributed by atoms with Gasteiger partial charge < -0.3 is 15.8 Å². The third kappa shape index (κ3) is 5.01. The number of nitrogens with one attached hydrogen (secondary N) is 1. The van der Waals surface area contributed by atoms with E-state index in [1.807, 2.05) is 18.2 Å². The molecular formula is C18H26N4O2S. The minimum absolute atomic E-state index is 0.0710. The van der Waals surface area contributed by atoms with Crippen molar-refractivity contribution in [2.75, 3.05) is 26.7 Å². The van der Waals surface area contributed by atoms with Gasteiger partial charge in [0.05, 0.1) is 13.2 Å². The number of nitrogens with two attached hydrogens (primary N) is 1. The Labute approximate surface area is 153 Å². The maximum atomic E-state index is 12.4. The molecule has 0 saturated carbocycles. The Hall–Kier alpha value is -1.96. The van der Waals surface area contributed by atoms with E-state index in [9.17, 15) is 4.79 Å². The maximum absolute atomic E-state index is 12.4. The zero-order chi connectivity index (χ0) is 18.2. The number of carbonyl (C=O) groups is 1. The summed E-state index contributed by atoms with van der Waals surface area (Å²) in [7, 11) is 1.66. The second-order valence-electron chi connectivity index (χ2n) is 5.55. The lowest BCUT2D eigenvalue weighted by atomic mass is 10.0. The van der Waals surface area contributed by atoms with Crippen LogP contribution in [0.15, 0.2) is 29.6 Å². The molecule has 7 heteroatoms. The topological polar surface area (TPSA) is 80.5 Å². The number of ether oxygens (including phenoxy) is 1. The van der Waals surface area contributed by atoms with E-state index >= 15 is 0 Å². The van der Waals surface area contributed by atoms with Crippen LogP contribution >= 0.6 is 11.3 Å². The van der Waals surface area contributed by atoms with E-state index in [4.69, 9.17) is 10.5 Å². The van der Waals surface area contributed by atoms with Gasteiger partial charge in [-0.25, -0.2) is 4.98 Å². The molecule has 0 aliphatic rings. The molecule has 1 aromatic heterocycles. The largest absolute Gasteiger partial charge is 0.497 e. The molecule has 0 fully saturated rings. The number of hydrogen-bond donors (Lipinski definition) is 2. The normalized spacial score (nSPS) is 12.2. The SMILES string of the molecule is CCN(CC)C(CNC(=O)c1csc(CN)n1)c1cccc(OC)c1. The monoisotopic (exact) mass is 362 g/mol. The van der Waals surface area contributed by atoms with Crippen LogP contribution in [-0.4, -0.2) is 42.5 Å². The van der Waals surface area contributed by atoms with E-state index in [1.54, 1.807) is 12.5 Å². The van der Waals surface area contributed by atoms with Crippen LogP contribution in [0.25, 0.3) is 0 Å². The number of methoxy groups -OCH3 is 1. The van der Waals surface area contributed by atoms with E-state index in [1.165, 1.54) is 11.3 Å². The van der Waals surface area contributed by atoms with Crippen LogP contribution in [0.3, 0.4) is 0 Å². The minimum atomic E-state index is -0.170. The molecular weight excluding hydrogens is 336 g/mol. The van der Waals surface area contributed by atoms with Crippen molar-refractivity contribution in [1.29, 1.82) is 0 Å². The predicted octanol–water partition coefficient (Wildman–Crippen LogP) is 2.42. The van der Waals surface area contributed by atoms with Crippen LogP contribution in [0.4, 0.5) is 0 Å². The third-order valence-corrected chi connectivity index (χ3v) is 5.02. The van der Waals surface area contributed by atoms with Crippen molar-refractivity contribution in [3.63, 3.8) is 0 Å². The van der Waals surface area contributed by atoms with Gasteiger partial charge in [0.1, 0.15) is 16.5 Å². The standard InChI is InChI=1S/C18H26N4O2S/c1-4-22(5-2)16(13-7-6-8-14(9-13)24-3)11-20-18(23)15-12-25-17(10-19)21-15/h6-9,12,16H,4-5,10-11,19H2,1-3H3,(H,20,23). The molecule has 3 N–H and O–H groups in total. The number of carbonyl (C=O) groups excluding carboxylic acids is 1. The molecule has 0 bridgehead atoms. The van der Waals surface area contributed by atoms with Crippen molar-refractivity contribution in [3.05, 3.63) is 45.9 Å². The Balaban J connectivity index is 2.14. The summed E-state index contributed by atoms with van der Waals surface area (Å²) >= 11 is 1.40. The zero-order valence-corrected chi connectivity index (χ0v) is 15.8. The molecule has 1 heterocycles. The smallest absolute Gasteiger partial charge is 0.270 e. The summed E-state index contributed by atoms with van der Waals surface area (Å²) in [6.07, 6.45) is 0. The van der Waals surface area contributed by atoms with Crippen LogP contribution in [0.2, 0.25) is 0 Å². The van der Waals surface area contributed by atoms with Gasteiger partial charge in [0.15, 0.2) is 0 Å². The Kier molecular flexibility index (Phi) is 7.36. The predicted molar refractivity (Wildman–Crippen MR) is 101 cm³/mol. The fraction of sp³-hybridized carbons (Fsp3) is 0.444. The number of hydrogen-bond acceptors (Lipinski definition) is 6. The van der Waals surface area contributed by atoms with E-state index < -0.39 is 0 Å². The highest BCUT2D eigenvalue weighted by Crippen LogP contribution is 2.24. The van der Waals surface area contributed by atoms with Crippen molar-refractivity contribution in [2.45, 2.75) is 26.4 Å². The Bertz CT molecular complexity index is 685. The first-order valence-electron chi connectivity index (χ1n) is 8.43. The lowest BCUT2D eigenvalue weighted by molar-refractivity contribution is 0.0930. The van der Waals surface area contributed by atoms with Gasteiger partial charge in [-0.3, -0.25) is 9.69 Å². The number of thiazole rings is 1. The lowest BCUT2D eigenvalue weighted by Gasteiger charge is -2.30. The quantitative estimate of drug-likeness (QED) is 0.716. The second-order valence-corrected chi connectivity index (χ2v) is 6.50. The van der Waals surface area contributed by atoms with Gasteiger partial charge >= 0.3 is 0 Å². The van der Waals surface area contributed by atoms with E-state index in [0.717, 1.165) is 29.4 Å². The Morgan fingerprint density at radius 1 is 1.40 bits per heavy atom. The molecule has 1 amide bonds. The molecule has 2 aromatic rings. The number of amides is 1.